The highest BCUT2D eigenvalue weighted by atomic mass is 35.5. The molecule has 2 heterocycles. The highest BCUT2D eigenvalue weighted by Crippen LogP contribution is 2.31. The number of benzene rings is 1. The number of nitrogens with zero attached hydrogens (tertiary/aromatic N) is 1. The fraction of sp³-hybridized carbons (Fsp3) is 0. The predicted octanol–water partition coefficient (Wildman–Crippen LogP) is 4.85. The van der Waals surface area contributed by atoms with Crippen LogP contribution >= 0.6 is 22.9 Å². The van der Waals surface area contributed by atoms with Crippen LogP contribution < -0.4 is 5.32 Å². The van der Waals surface area contributed by atoms with Crippen molar-refractivity contribution >= 4 is 40.1 Å². The normalized spacial score (nSPS) is 11.0. The van der Waals surface area contributed by atoms with E-state index < -0.39 is 5.82 Å². The summed E-state index contributed by atoms with van der Waals surface area (Å²) in [4.78, 5) is 16.1. The molecular weight excluding hydrogens is 339 g/mol. The molecule has 0 radical (unpaired) electrons. The lowest BCUT2D eigenvalue weighted by molar-refractivity contribution is -0.111. The van der Waals surface area contributed by atoms with Crippen LogP contribution in [0.1, 0.15) is 5.76 Å². The lowest BCUT2D eigenvalue weighted by atomic mass is 10.2. The summed E-state index contributed by atoms with van der Waals surface area (Å²) in [7, 11) is 0. The number of hydrogen-bond donors (Lipinski definition) is 1. The number of amides is 1. The van der Waals surface area contributed by atoms with E-state index in [4.69, 9.17) is 16.0 Å². The van der Waals surface area contributed by atoms with Gasteiger partial charge in [-0.25, -0.2) is 9.37 Å². The molecule has 0 unspecified atom stereocenters. The Morgan fingerprint density at radius 3 is 3.00 bits per heavy atom. The molecule has 0 aliphatic heterocycles. The summed E-state index contributed by atoms with van der Waals surface area (Å²) < 4.78 is 18.2. The highest BCUT2D eigenvalue weighted by molar-refractivity contribution is 7.14. The van der Waals surface area contributed by atoms with Gasteiger partial charge in [-0.1, -0.05) is 11.6 Å². The van der Waals surface area contributed by atoms with Crippen LogP contribution in [-0.2, 0) is 4.79 Å². The monoisotopic (exact) mass is 348 g/mol. The van der Waals surface area contributed by atoms with E-state index >= 15 is 0 Å². The van der Waals surface area contributed by atoms with Gasteiger partial charge in [0, 0.05) is 17.0 Å². The Morgan fingerprint density at radius 2 is 2.26 bits per heavy atom. The SMILES string of the molecule is O=C(/C=C/c1ccco1)Nc1nc(-c2ccc(F)cc2Cl)cs1. The van der Waals surface area contributed by atoms with Gasteiger partial charge in [-0.15, -0.1) is 11.3 Å². The summed E-state index contributed by atoms with van der Waals surface area (Å²) in [5.41, 5.74) is 1.18. The number of furan rings is 1. The number of anilines is 1. The Hall–Kier alpha value is -2.44. The van der Waals surface area contributed by atoms with E-state index in [0.29, 0.717) is 22.1 Å². The topological polar surface area (TPSA) is 55.1 Å². The number of nitrogens with one attached hydrogen (secondary N) is 1. The van der Waals surface area contributed by atoms with Gasteiger partial charge in [0.1, 0.15) is 11.6 Å². The molecule has 116 valence electrons. The molecule has 0 saturated carbocycles. The lowest BCUT2D eigenvalue weighted by Crippen LogP contribution is -2.07. The molecule has 23 heavy (non-hydrogen) atoms. The Balaban J connectivity index is 1.71. The number of rotatable bonds is 4. The van der Waals surface area contributed by atoms with Gasteiger partial charge < -0.3 is 4.42 Å². The Morgan fingerprint density at radius 1 is 1.39 bits per heavy atom. The van der Waals surface area contributed by atoms with E-state index in [1.165, 1.54) is 35.8 Å². The van der Waals surface area contributed by atoms with Gasteiger partial charge in [0.25, 0.3) is 0 Å². The van der Waals surface area contributed by atoms with E-state index in [1.54, 1.807) is 29.7 Å². The first-order chi connectivity index (χ1) is 11.1. The minimum Gasteiger partial charge on any atom is -0.465 e. The zero-order valence-corrected chi connectivity index (χ0v) is 13.2. The lowest BCUT2D eigenvalue weighted by Gasteiger charge is -2.00. The summed E-state index contributed by atoms with van der Waals surface area (Å²) >= 11 is 7.26. The summed E-state index contributed by atoms with van der Waals surface area (Å²) in [5.74, 6) is -0.156. The second-order valence-corrected chi connectivity index (χ2v) is 5.77. The number of aromatic nitrogens is 1. The standard InChI is InChI=1S/C16H10ClFN2O2S/c17-13-8-10(18)3-5-12(13)14-9-23-16(19-14)20-15(21)6-4-11-2-1-7-22-11/h1-9H,(H,19,20,21)/b6-4+. The van der Waals surface area contributed by atoms with E-state index in [0.717, 1.165) is 0 Å². The van der Waals surface area contributed by atoms with E-state index in [-0.39, 0.29) is 10.9 Å². The summed E-state index contributed by atoms with van der Waals surface area (Å²) in [5, 5.41) is 5.08. The van der Waals surface area contributed by atoms with Crippen molar-refractivity contribution in [3.8, 4) is 11.3 Å². The van der Waals surface area contributed by atoms with Crippen LogP contribution in [-0.4, -0.2) is 10.9 Å². The maximum atomic E-state index is 13.1. The van der Waals surface area contributed by atoms with E-state index in [1.807, 2.05) is 0 Å². The zero-order chi connectivity index (χ0) is 16.2. The molecule has 0 spiro atoms. The molecule has 0 saturated heterocycles. The van der Waals surface area contributed by atoms with Crippen molar-refractivity contribution in [1.29, 1.82) is 0 Å². The van der Waals surface area contributed by atoms with Crippen molar-refractivity contribution < 1.29 is 13.6 Å². The van der Waals surface area contributed by atoms with Crippen LogP contribution in [0.25, 0.3) is 17.3 Å². The van der Waals surface area contributed by atoms with Crippen molar-refractivity contribution in [3.05, 3.63) is 64.7 Å². The van der Waals surface area contributed by atoms with Crippen molar-refractivity contribution in [2.45, 2.75) is 0 Å². The minimum absolute atomic E-state index is 0.269. The Bertz CT molecular complexity index is 859. The number of carbonyl (C=O) groups is 1. The smallest absolute Gasteiger partial charge is 0.250 e. The maximum Gasteiger partial charge on any atom is 0.250 e. The van der Waals surface area contributed by atoms with E-state index in [9.17, 15) is 9.18 Å². The van der Waals surface area contributed by atoms with Gasteiger partial charge in [0.15, 0.2) is 5.13 Å². The third kappa shape index (κ3) is 3.85. The average molecular weight is 349 g/mol. The van der Waals surface area contributed by atoms with Crippen LogP contribution in [0.4, 0.5) is 9.52 Å². The molecule has 0 fully saturated rings. The van der Waals surface area contributed by atoms with Crippen LogP contribution in [0.2, 0.25) is 5.02 Å². The first-order valence-corrected chi connectivity index (χ1v) is 7.81. The average Bonchev–Trinajstić information content (AvgIpc) is 3.17. The molecule has 2 aromatic heterocycles. The summed E-state index contributed by atoms with van der Waals surface area (Å²) in [6.45, 7) is 0. The maximum absolute atomic E-state index is 13.1. The molecule has 4 nitrogen and oxygen atoms in total. The number of hydrogen-bond acceptors (Lipinski definition) is 4. The van der Waals surface area contributed by atoms with Gasteiger partial charge in [-0.05, 0) is 36.4 Å². The number of thiazole rings is 1. The first-order valence-electron chi connectivity index (χ1n) is 6.55. The Labute approximate surface area is 140 Å². The van der Waals surface area contributed by atoms with Gasteiger partial charge in [-0.3, -0.25) is 10.1 Å². The number of carbonyl (C=O) groups excluding carboxylic acids is 1. The molecule has 7 heteroatoms. The second kappa shape index (κ2) is 6.76. The minimum atomic E-state index is -0.412. The van der Waals surface area contributed by atoms with Gasteiger partial charge in [0.05, 0.1) is 17.0 Å². The molecule has 1 N–H and O–H groups in total. The van der Waals surface area contributed by atoms with Gasteiger partial charge in [-0.2, -0.15) is 0 Å². The fourth-order valence-electron chi connectivity index (χ4n) is 1.84. The van der Waals surface area contributed by atoms with Gasteiger partial charge in [0.2, 0.25) is 5.91 Å². The number of halogens is 2. The third-order valence-corrected chi connectivity index (χ3v) is 3.95. The summed E-state index contributed by atoms with van der Waals surface area (Å²) in [6, 6.07) is 7.56. The second-order valence-electron chi connectivity index (χ2n) is 4.50. The summed E-state index contributed by atoms with van der Waals surface area (Å²) in [6.07, 6.45) is 4.43. The first kappa shape index (κ1) is 15.5. The Kier molecular flexibility index (Phi) is 4.55. The molecule has 0 atom stereocenters. The van der Waals surface area contributed by atoms with Crippen molar-refractivity contribution in [3.63, 3.8) is 0 Å². The molecule has 0 aliphatic carbocycles. The van der Waals surface area contributed by atoms with E-state index in [2.05, 4.69) is 10.3 Å². The van der Waals surface area contributed by atoms with Crippen molar-refractivity contribution in [1.82, 2.24) is 4.98 Å². The van der Waals surface area contributed by atoms with Crippen LogP contribution in [0.3, 0.4) is 0 Å². The molecule has 3 rings (SSSR count). The largest absolute Gasteiger partial charge is 0.465 e. The van der Waals surface area contributed by atoms with Gasteiger partial charge >= 0.3 is 0 Å². The molecule has 1 amide bonds. The van der Waals surface area contributed by atoms with Crippen LogP contribution in [0.5, 0.6) is 0 Å². The third-order valence-electron chi connectivity index (χ3n) is 2.88. The van der Waals surface area contributed by atoms with Crippen molar-refractivity contribution in [2.75, 3.05) is 5.32 Å². The van der Waals surface area contributed by atoms with Crippen molar-refractivity contribution in [2.24, 2.45) is 0 Å². The highest BCUT2D eigenvalue weighted by Gasteiger charge is 2.10. The molecular formula is C16H10ClFN2O2S. The molecule has 1 aromatic carbocycles. The quantitative estimate of drug-likeness (QED) is 0.686. The molecule has 3 aromatic rings. The zero-order valence-electron chi connectivity index (χ0n) is 11.6. The predicted molar refractivity (Wildman–Crippen MR) is 88.9 cm³/mol. The molecule has 0 bridgehead atoms. The fourth-order valence-corrected chi connectivity index (χ4v) is 2.82. The van der Waals surface area contributed by atoms with Crippen LogP contribution in [0, 0.1) is 5.82 Å². The van der Waals surface area contributed by atoms with Crippen LogP contribution in [0.15, 0.2) is 52.5 Å². The molecule has 0 aliphatic rings.